The maximum absolute atomic E-state index is 11.6. The van der Waals surface area contributed by atoms with Crippen LogP contribution in [0.3, 0.4) is 0 Å². The second-order valence-electron chi connectivity index (χ2n) is 4.27. The number of hydrogen-bond acceptors (Lipinski definition) is 5. The fourth-order valence-electron chi connectivity index (χ4n) is 1.75. The van der Waals surface area contributed by atoms with E-state index < -0.39 is 12.0 Å². The molecule has 0 radical (unpaired) electrons. The summed E-state index contributed by atoms with van der Waals surface area (Å²) in [4.78, 5) is 21.9. The Bertz CT molecular complexity index is 532. The van der Waals surface area contributed by atoms with Gasteiger partial charge < -0.3 is 30.0 Å². The van der Waals surface area contributed by atoms with E-state index in [0.717, 1.165) is 0 Å². The smallest absolute Gasteiger partial charge is 0.315 e. The molecule has 0 aliphatic heterocycles. The lowest BCUT2D eigenvalue weighted by atomic mass is 10.1. The molecule has 22 heavy (non-hydrogen) atoms. The van der Waals surface area contributed by atoms with Crippen molar-refractivity contribution in [1.29, 1.82) is 0 Å². The number of methoxy groups -OCH3 is 3. The number of carbonyl (C=O) groups excluding carboxylic acids is 1. The van der Waals surface area contributed by atoms with Crippen molar-refractivity contribution in [3.63, 3.8) is 0 Å². The molecule has 0 unspecified atom stereocenters. The summed E-state index contributed by atoms with van der Waals surface area (Å²) in [7, 11) is 4.54. The van der Waals surface area contributed by atoms with E-state index in [4.69, 9.17) is 19.3 Å². The molecule has 0 aliphatic carbocycles. The SMILES string of the molecule is COc1cc(OC)c(OC)cc1CNC(=O)NCCC(=O)O. The Hall–Kier alpha value is -2.64. The average Bonchev–Trinajstić information content (AvgIpc) is 2.51. The third kappa shape index (κ3) is 5.04. The number of carbonyl (C=O) groups is 2. The molecule has 122 valence electrons. The Kier molecular flexibility index (Phi) is 6.81. The minimum absolute atomic E-state index is 0.0598. The number of urea groups is 1. The number of carboxylic acid groups (broad SMARTS) is 1. The zero-order chi connectivity index (χ0) is 16.5. The molecule has 0 bridgehead atoms. The second kappa shape index (κ2) is 8.60. The summed E-state index contributed by atoms with van der Waals surface area (Å²) in [6.45, 7) is 0.257. The van der Waals surface area contributed by atoms with E-state index in [-0.39, 0.29) is 19.5 Å². The van der Waals surface area contributed by atoms with Gasteiger partial charge in [-0.2, -0.15) is 0 Å². The van der Waals surface area contributed by atoms with E-state index in [2.05, 4.69) is 10.6 Å². The number of amides is 2. The van der Waals surface area contributed by atoms with Crippen molar-refractivity contribution in [2.45, 2.75) is 13.0 Å². The lowest BCUT2D eigenvalue weighted by Crippen LogP contribution is -2.36. The molecule has 0 saturated carbocycles. The van der Waals surface area contributed by atoms with E-state index in [1.165, 1.54) is 21.3 Å². The maximum Gasteiger partial charge on any atom is 0.315 e. The van der Waals surface area contributed by atoms with Crippen molar-refractivity contribution in [1.82, 2.24) is 10.6 Å². The van der Waals surface area contributed by atoms with Gasteiger partial charge in [0, 0.05) is 24.7 Å². The van der Waals surface area contributed by atoms with Crippen LogP contribution in [0.15, 0.2) is 12.1 Å². The molecule has 2 amide bonds. The van der Waals surface area contributed by atoms with Crippen LogP contribution in [0.1, 0.15) is 12.0 Å². The lowest BCUT2D eigenvalue weighted by Gasteiger charge is -2.14. The third-order valence-electron chi connectivity index (χ3n) is 2.85. The largest absolute Gasteiger partial charge is 0.496 e. The van der Waals surface area contributed by atoms with E-state index in [9.17, 15) is 9.59 Å². The fraction of sp³-hybridized carbons (Fsp3) is 0.429. The molecular weight excluding hydrogens is 292 g/mol. The highest BCUT2D eigenvalue weighted by atomic mass is 16.5. The van der Waals surface area contributed by atoms with Gasteiger partial charge in [0.1, 0.15) is 5.75 Å². The Labute approximate surface area is 128 Å². The number of carboxylic acids is 1. The summed E-state index contributed by atoms with van der Waals surface area (Å²) >= 11 is 0. The van der Waals surface area contributed by atoms with Gasteiger partial charge in [0.25, 0.3) is 0 Å². The first-order valence-corrected chi connectivity index (χ1v) is 6.54. The second-order valence-corrected chi connectivity index (χ2v) is 4.27. The summed E-state index contributed by atoms with van der Waals surface area (Å²) in [6, 6.07) is 2.91. The Balaban J connectivity index is 2.68. The molecule has 0 atom stereocenters. The lowest BCUT2D eigenvalue weighted by molar-refractivity contribution is -0.136. The zero-order valence-corrected chi connectivity index (χ0v) is 12.8. The number of rotatable bonds is 8. The molecule has 1 aromatic rings. The molecule has 1 rings (SSSR count). The molecule has 0 spiro atoms. The van der Waals surface area contributed by atoms with Gasteiger partial charge in [-0.15, -0.1) is 0 Å². The van der Waals surface area contributed by atoms with Crippen molar-refractivity contribution in [3.05, 3.63) is 17.7 Å². The zero-order valence-electron chi connectivity index (χ0n) is 12.8. The van der Waals surface area contributed by atoms with E-state index in [1.54, 1.807) is 12.1 Å². The predicted octanol–water partition coefficient (Wildman–Crippen LogP) is 0.986. The molecule has 0 aliphatic rings. The van der Waals surface area contributed by atoms with Crippen molar-refractivity contribution in [3.8, 4) is 17.2 Å². The van der Waals surface area contributed by atoms with Gasteiger partial charge in [-0.05, 0) is 6.07 Å². The fourth-order valence-corrected chi connectivity index (χ4v) is 1.75. The van der Waals surface area contributed by atoms with Crippen LogP contribution in [0.4, 0.5) is 4.79 Å². The maximum atomic E-state index is 11.6. The quantitative estimate of drug-likeness (QED) is 0.661. The van der Waals surface area contributed by atoms with Gasteiger partial charge in [0.05, 0.1) is 27.8 Å². The van der Waals surface area contributed by atoms with Crippen LogP contribution >= 0.6 is 0 Å². The monoisotopic (exact) mass is 312 g/mol. The van der Waals surface area contributed by atoms with Gasteiger partial charge in [0.2, 0.25) is 0 Å². The number of nitrogens with one attached hydrogen (secondary N) is 2. The molecule has 3 N–H and O–H groups in total. The van der Waals surface area contributed by atoms with Gasteiger partial charge in [-0.3, -0.25) is 4.79 Å². The van der Waals surface area contributed by atoms with Crippen LogP contribution in [0.5, 0.6) is 17.2 Å². The summed E-state index contributed by atoms with van der Waals surface area (Å²) in [6.07, 6.45) is -0.132. The Morgan fingerprint density at radius 1 is 1.00 bits per heavy atom. The minimum atomic E-state index is -0.970. The Morgan fingerprint density at radius 2 is 1.59 bits per heavy atom. The average molecular weight is 312 g/mol. The third-order valence-corrected chi connectivity index (χ3v) is 2.85. The Morgan fingerprint density at radius 3 is 2.14 bits per heavy atom. The van der Waals surface area contributed by atoms with Crippen LogP contribution in [-0.4, -0.2) is 45.0 Å². The first kappa shape index (κ1) is 17.4. The van der Waals surface area contributed by atoms with Crippen LogP contribution in [0.2, 0.25) is 0 Å². The number of ether oxygens (including phenoxy) is 3. The summed E-state index contributed by atoms with van der Waals surface area (Å²) < 4.78 is 15.6. The number of hydrogen-bond donors (Lipinski definition) is 3. The van der Waals surface area contributed by atoms with E-state index >= 15 is 0 Å². The molecule has 0 aromatic heterocycles. The summed E-state index contributed by atoms with van der Waals surface area (Å²) in [5.74, 6) is 0.616. The highest BCUT2D eigenvalue weighted by Gasteiger charge is 2.12. The normalized spacial score (nSPS) is 9.77. The highest BCUT2D eigenvalue weighted by molar-refractivity contribution is 5.75. The van der Waals surface area contributed by atoms with Crippen molar-refractivity contribution >= 4 is 12.0 Å². The molecule has 0 heterocycles. The molecule has 0 fully saturated rings. The van der Waals surface area contributed by atoms with Crippen molar-refractivity contribution in [2.24, 2.45) is 0 Å². The van der Waals surface area contributed by atoms with Crippen LogP contribution < -0.4 is 24.8 Å². The molecule has 8 nitrogen and oxygen atoms in total. The van der Waals surface area contributed by atoms with E-state index in [0.29, 0.717) is 22.8 Å². The van der Waals surface area contributed by atoms with Crippen molar-refractivity contribution in [2.75, 3.05) is 27.9 Å². The van der Waals surface area contributed by atoms with Gasteiger partial charge in [0.15, 0.2) is 11.5 Å². The topological polar surface area (TPSA) is 106 Å². The van der Waals surface area contributed by atoms with Crippen LogP contribution in [0.25, 0.3) is 0 Å². The minimum Gasteiger partial charge on any atom is -0.496 e. The van der Waals surface area contributed by atoms with E-state index in [1.807, 2.05) is 0 Å². The predicted molar refractivity (Wildman–Crippen MR) is 78.6 cm³/mol. The number of benzene rings is 1. The molecule has 1 aromatic carbocycles. The first-order valence-electron chi connectivity index (χ1n) is 6.54. The van der Waals surface area contributed by atoms with Gasteiger partial charge in [-0.1, -0.05) is 0 Å². The first-order chi connectivity index (χ1) is 10.5. The van der Waals surface area contributed by atoms with Crippen molar-refractivity contribution < 1.29 is 28.9 Å². The molecule has 0 saturated heterocycles. The number of aliphatic carboxylic acids is 1. The van der Waals surface area contributed by atoms with Crippen LogP contribution in [0, 0.1) is 0 Å². The van der Waals surface area contributed by atoms with Gasteiger partial charge >= 0.3 is 12.0 Å². The molecule has 8 heteroatoms. The molecular formula is C14H20N2O6. The summed E-state index contributed by atoms with van der Waals surface area (Å²) in [5, 5.41) is 13.6. The van der Waals surface area contributed by atoms with Crippen LogP contribution in [-0.2, 0) is 11.3 Å². The highest BCUT2D eigenvalue weighted by Crippen LogP contribution is 2.34. The van der Waals surface area contributed by atoms with Gasteiger partial charge in [-0.25, -0.2) is 4.79 Å². The summed E-state index contributed by atoms with van der Waals surface area (Å²) in [5.41, 5.74) is 0.702. The standard InChI is InChI=1S/C14H20N2O6/c1-20-10-7-12(22-3)11(21-2)6-9(10)8-16-14(19)15-5-4-13(17)18/h6-7H,4-5,8H2,1-3H3,(H,17,18)(H2,15,16,19).